The molecule has 0 atom stereocenters. The van der Waals surface area contributed by atoms with Gasteiger partial charge in [-0.3, -0.25) is 4.79 Å². The highest BCUT2D eigenvalue weighted by atomic mass is 32.1. The standard InChI is InChI=1S/C21H19FO2S/c22-18-9-6-16(7-10-18)4-1-2-12-24-20-11-8-17(15-23)14-19(20)21-5-3-13-25-21/h3,5-11,13-15H,1-2,4,12H2. The maximum Gasteiger partial charge on any atom is 0.150 e. The number of thiophene rings is 1. The smallest absolute Gasteiger partial charge is 0.150 e. The van der Waals surface area contributed by atoms with E-state index in [0.29, 0.717) is 12.2 Å². The number of hydrogen-bond acceptors (Lipinski definition) is 3. The Bertz CT molecular complexity index is 810. The third-order valence-corrected chi connectivity index (χ3v) is 4.86. The molecule has 1 aromatic heterocycles. The lowest BCUT2D eigenvalue weighted by Gasteiger charge is -2.11. The molecule has 0 saturated carbocycles. The van der Waals surface area contributed by atoms with E-state index in [9.17, 15) is 9.18 Å². The van der Waals surface area contributed by atoms with Crippen molar-refractivity contribution in [3.8, 4) is 16.2 Å². The number of benzene rings is 2. The van der Waals surface area contributed by atoms with Gasteiger partial charge in [-0.15, -0.1) is 11.3 Å². The predicted molar refractivity (Wildman–Crippen MR) is 100.0 cm³/mol. The summed E-state index contributed by atoms with van der Waals surface area (Å²) >= 11 is 1.62. The van der Waals surface area contributed by atoms with E-state index < -0.39 is 0 Å². The molecule has 0 saturated heterocycles. The molecule has 25 heavy (non-hydrogen) atoms. The largest absolute Gasteiger partial charge is 0.493 e. The van der Waals surface area contributed by atoms with E-state index in [0.717, 1.165) is 47.3 Å². The lowest BCUT2D eigenvalue weighted by molar-refractivity contribution is 0.112. The number of rotatable bonds is 8. The second-order valence-electron chi connectivity index (χ2n) is 5.78. The first-order chi connectivity index (χ1) is 12.3. The summed E-state index contributed by atoms with van der Waals surface area (Å²) in [5.74, 6) is 0.599. The average Bonchev–Trinajstić information content (AvgIpc) is 3.17. The van der Waals surface area contributed by atoms with Gasteiger partial charge in [0.15, 0.2) is 0 Å². The highest BCUT2D eigenvalue weighted by Gasteiger charge is 2.09. The fourth-order valence-corrected chi connectivity index (χ4v) is 3.38. The SMILES string of the molecule is O=Cc1ccc(OCCCCc2ccc(F)cc2)c(-c2cccs2)c1. The minimum atomic E-state index is -0.202. The molecule has 0 amide bonds. The van der Waals surface area contributed by atoms with Crippen molar-refractivity contribution < 1.29 is 13.9 Å². The number of ether oxygens (including phenoxy) is 1. The van der Waals surface area contributed by atoms with Crippen molar-refractivity contribution in [2.75, 3.05) is 6.61 Å². The summed E-state index contributed by atoms with van der Waals surface area (Å²) in [5.41, 5.74) is 2.74. The van der Waals surface area contributed by atoms with Crippen molar-refractivity contribution in [3.05, 3.63) is 76.9 Å². The first-order valence-electron chi connectivity index (χ1n) is 8.26. The van der Waals surface area contributed by atoms with E-state index in [1.807, 2.05) is 41.8 Å². The Morgan fingerprint density at radius 1 is 1.04 bits per heavy atom. The molecule has 0 unspecified atom stereocenters. The Morgan fingerprint density at radius 2 is 1.88 bits per heavy atom. The molecule has 0 radical (unpaired) electrons. The van der Waals surface area contributed by atoms with Crippen molar-refractivity contribution in [3.63, 3.8) is 0 Å². The van der Waals surface area contributed by atoms with Crippen LogP contribution in [-0.4, -0.2) is 12.9 Å². The van der Waals surface area contributed by atoms with Crippen molar-refractivity contribution in [2.45, 2.75) is 19.3 Å². The maximum atomic E-state index is 12.9. The van der Waals surface area contributed by atoms with Crippen LogP contribution >= 0.6 is 11.3 Å². The quantitative estimate of drug-likeness (QED) is 0.379. The van der Waals surface area contributed by atoms with Crippen molar-refractivity contribution in [2.24, 2.45) is 0 Å². The Balaban J connectivity index is 1.56. The zero-order valence-corrected chi connectivity index (χ0v) is 14.6. The molecule has 2 aromatic carbocycles. The number of halogens is 1. The van der Waals surface area contributed by atoms with E-state index in [1.54, 1.807) is 17.4 Å². The first-order valence-corrected chi connectivity index (χ1v) is 9.14. The van der Waals surface area contributed by atoms with Gasteiger partial charge in [-0.2, -0.15) is 0 Å². The summed E-state index contributed by atoms with van der Waals surface area (Å²) in [7, 11) is 0. The van der Waals surface area contributed by atoms with Gasteiger partial charge in [-0.1, -0.05) is 18.2 Å². The molecule has 0 bridgehead atoms. The van der Waals surface area contributed by atoms with E-state index >= 15 is 0 Å². The third kappa shape index (κ3) is 4.77. The van der Waals surface area contributed by atoms with Crippen LogP contribution in [-0.2, 0) is 6.42 Å². The molecule has 0 aliphatic carbocycles. The van der Waals surface area contributed by atoms with E-state index in [-0.39, 0.29) is 5.82 Å². The number of aryl methyl sites for hydroxylation is 1. The lowest BCUT2D eigenvalue weighted by atomic mass is 10.1. The van der Waals surface area contributed by atoms with Gasteiger partial charge in [0.1, 0.15) is 17.9 Å². The Labute approximate surface area is 150 Å². The Kier molecular flexibility index (Phi) is 5.96. The maximum absolute atomic E-state index is 12.9. The minimum absolute atomic E-state index is 0.202. The van der Waals surface area contributed by atoms with E-state index in [2.05, 4.69) is 0 Å². The van der Waals surface area contributed by atoms with Crippen LogP contribution in [0.5, 0.6) is 5.75 Å². The molecule has 0 spiro atoms. The highest BCUT2D eigenvalue weighted by Crippen LogP contribution is 2.34. The second-order valence-corrected chi connectivity index (χ2v) is 6.73. The van der Waals surface area contributed by atoms with Crippen molar-refractivity contribution in [1.29, 1.82) is 0 Å². The van der Waals surface area contributed by atoms with Gasteiger partial charge in [-0.25, -0.2) is 4.39 Å². The predicted octanol–water partition coefficient (Wildman–Crippen LogP) is 5.77. The van der Waals surface area contributed by atoms with Gasteiger partial charge in [-0.05, 0) is 66.6 Å². The molecular formula is C21H19FO2S. The Hall–Kier alpha value is -2.46. The molecule has 2 nitrogen and oxygen atoms in total. The minimum Gasteiger partial charge on any atom is -0.493 e. The van der Waals surface area contributed by atoms with Crippen LogP contribution in [0.3, 0.4) is 0 Å². The third-order valence-electron chi connectivity index (χ3n) is 3.96. The fourth-order valence-electron chi connectivity index (χ4n) is 2.64. The Morgan fingerprint density at radius 3 is 2.60 bits per heavy atom. The number of unbranched alkanes of at least 4 members (excludes halogenated alkanes) is 1. The summed E-state index contributed by atoms with van der Waals surface area (Å²) in [6.45, 7) is 0.611. The lowest BCUT2D eigenvalue weighted by Crippen LogP contribution is -2.00. The molecule has 0 fully saturated rings. The molecule has 0 aliphatic heterocycles. The van der Waals surface area contributed by atoms with Crippen LogP contribution in [0, 0.1) is 5.82 Å². The molecule has 128 valence electrons. The van der Waals surface area contributed by atoms with E-state index in [4.69, 9.17) is 4.74 Å². The molecule has 4 heteroatoms. The van der Waals surface area contributed by atoms with Crippen LogP contribution < -0.4 is 4.74 Å². The molecule has 0 aliphatic rings. The molecule has 0 N–H and O–H groups in total. The van der Waals surface area contributed by atoms with Crippen LogP contribution in [0.15, 0.2) is 60.0 Å². The summed E-state index contributed by atoms with van der Waals surface area (Å²) in [6.07, 6.45) is 3.65. The monoisotopic (exact) mass is 354 g/mol. The molecular weight excluding hydrogens is 335 g/mol. The molecule has 3 rings (SSSR count). The normalized spacial score (nSPS) is 10.6. The number of carbonyl (C=O) groups is 1. The van der Waals surface area contributed by atoms with Gasteiger partial charge >= 0.3 is 0 Å². The number of hydrogen-bond donors (Lipinski definition) is 0. The summed E-state index contributed by atoms with van der Waals surface area (Å²) < 4.78 is 18.8. The van der Waals surface area contributed by atoms with Crippen LogP contribution in [0.2, 0.25) is 0 Å². The van der Waals surface area contributed by atoms with Crippen LogP contribution in [0.1, 0.15) is 28.8 Å². The summed E-state index contributed by atoms with van der Waals surface area (Å²) in [6, 6.07) is 16.1. The van der Waals surface area contributed by atoms with Gasteiger partial charge in [0.25, 0.3) is 0 Å². The second kappa shape index (κ2) is 8.58. The van der Waals surface area contributed by atoms with Gasteiger partial charge in [0, 0.05) is 16.0 Å². The van der Waals surface area contributed by atoms with Gasteiger partial charge in [0.2, 0.25) is 0 Å². The van der Waals surface area contributed by atoms with Crippen LogP contribution in [0.25, 0.3) is 10.4 Å². The topological polar surface area (TPSA) is 26.3 Å². The van der Waals surface area contributed by atoms with Gasteiger partial charge < -0.3 is 4.74 Å². The summed E-state index contributed by atoms with van der Waals surface area (Å²) in [5, 5.41) is 2.01. The number of aldehydes is 1. The van der Waals surface area contributed by atoms with Crippen molar-refractivity contribution >= 4 is 17.6 Å². The van der Waals surface area contributed by atoms with Crippen LogP contribution in [0.4, 0.5) is 4.39 Å². The average molecular weight is 354 g/mol. The molecule has 1 heterocycles. The van der Waals surface area contributed by atoms with E-state index in [1.165, 1.54) is 12.1 Å². The fraction of sp³-hybridized carbons (Fsp3) is 0.190. The van der Waals surface area contributed by atoms with Crippen molar-refractivity contribution in [1.82, 2.24) is 0 Å². The number of carbonyl (C=O) groups excluding carboxylic acids is 1. The highest BCUT2D eigenvalue weighted by molar-refractivity contribution is 7.13. The van der Waals surface area contributed by atoms with Gasteiger partial charge in [0.05, 0.1) is 6.61 Å². The molecule has 3 aromatic rings. The zero-order chi connectivity index (χ0) is 17.5. The zero-order valence-electron chi connectivity index (χ0n) is 13.8. The first kappa shape index (κ1) is 17.4. The summed E-state index contributed by atoms with van der Waals surface area (Å²) in [4.78, 5) is 12.1.